The van der Waals surface area contributed by atoms with Gasteiger partial charge in [-0.1, -0.05) is 24.3 Å². The van der Waals surface area contributed by atoms with E-state index in [1.165, 1.54) is 0 Å². The van der Waals surface area contributed by atoms with Crippen molar-refractivity contribution in [1.82, 2.24) is 10.2 Å². The van der Waals surface area contributed by atoms with Gasteiger partial charge in [0.2, 0.25) is 0 Å². The molecule has 0 bridgehead atoms. The molecule has 1 aromatic carbocycles. The number of nitrogens with one attached hydrogen (secondary N) is 1. The molecule has 5 nitrogen and oxygen atoms in total. The molecule has 0 radical (unpaired) electrons. The van der Waals surface area contributed by atoms with Crippen LogP contribution >= 0.6 is 0 Å². The summed E-state index contributed by atoms with van der Waals surface area (Å²) in [6.45, 7) is 3.28. The first kappa shape index (κ1) is 11.9. The Balaban J connectivity index is 1.97. The van der Waals surface area contributed by atoms with E-state index in [9.17, 15) is 14.4 Å². The Morgan fingerprint density at radius 1 is 1.21 bits per heavy atom. The van der Waals surface area contributed by atoms with Gasteiger partial charge in [0.1, 0.15) is 11.6 Å². The lowest BCUT2D eigenvalue weighted by atomic mass is 10.1. The van der Waals surface area contributed by atoms with E-state index in [1.54, 1.807) is 26.0 Å². The number of nitrogens with zero attached hydrogens (tertiary/aromatic N) is 1. The Morgan fingerprint density at radius 3 is 2.47 bits per heavy atom. The summed E-state index contributed by atoms with van der Waals surface area (Å²) >= 11 is 0. The summed E-state index contributed by atoms with van der Waals surface area (Å²) in [7, 11) is 0. The second-order valence-electron chi connectivity index (χ2n) is 5.47. The summed E-state index contributed by atoms with van der Waals surface area (Å²) in [6, 6.07) is 6.05. The molecule has 3 rings (SSSR count). The van der Waals surface area contributed by atoms with Gasteiger partial charge in [0, 0.05) is 12.0 Å². The quantitative estimate of drug-likeness (QED) is 0.768. The average Bonchev–Trinajstić information content (AvgIpc) is 2.76. The molecule has 0 spiro atoms. The van der Waals surface area contributed by atoms with Crippen molar-refractivity contribution in [2.75, 3.05) is 0 Å². The first-order valence-electron chi connectivity index (χ1n) is 6.20. The second kappa shape index (κ2) is 3.66. The number of amides is 3. The molecular formula is C14H14N2O3. The number of carbonyl (C=O) groups excluding carboxylic acids is 3. The minimum absolute atomic E-state index is 0.156. The van der Waals surface area contributed by atoms with E-state index in [4.69, 9.17) is 0 Å². The lowest BCUT2D eigenvalue weighted by Gasteiger charge is -2.20. The Labute approximate surface area is 110 Å². The van der Waals surface area contributed by atoms with Crippen LogP contribution < -0.4 is 5.32 Å². The number of hydrogen-bond donors (Lipinski definition) is 1. The van der Waals surface area contributed by atoms with Crippen LogP contribution in [0.4, 0.5) is 4.79 Å². The SMILES string of the molecule is CC1(C)NC(=O)N(C2Cc3ccccc3C2=O)C1=O. The highest BCUT2D eigenvalue weighted by molar-refractivity contribution is 6.14. The highest BCUT2D eigenvalue weighted by Gasteiger charge is 2.50. The molecule has 1 heterocycles. The third kappa shape index (κ3) is 1.58. The summed E-state index contributed by atoms with van der Waals surface area (Å²) in [5, 5.41) is 2.60. The lowest BCUT2D eigenvalue weighted by molar-refractivity contribution is -0.131. The van der Waals surface area contributed by atoms with Crippen molar-refractivity contribution in [2.45, 2.75) is 31.8 Å². The zero-order valence-corrected chi connectivity index (χ0v) is 10.8. The van der Waals surface area contributed by atoms with Crippen molar-refractivity contribution in [2.24, 2.45) is 0 Å². The molecule has 1 saturated heterocycles. The summed E-state index contributed by atoms with van der Waals surface area (Å²) in [5.41, 5.74) is 0.562. The largest absolute Gasteiger partial charge is 0.325 e. The first-order chi connectivity index (χ1) is 8.92. The molecule has 1 aliphatic heterocycles. The van der Waals surface area contributed by atoms with E-state index in [2.05, 4.69) is 5.32 Å². The zero-order chi connectivity index (χ0) is 13.8. The van der Waals surface area contributed by atoms with Gasteiger partial charge in [0.15, 0.2) is 5.78 Å². The Bertz CT molecular complexity index is 606. The predicted molar refractivity (Wildman–Crippen MR) is 67.7 cm³/mol. The molecule has 1 N–H and O–H groups in total. The molecule has 1 aromatic rings. The third-order valence-electron chi connectivity index (χ3n) is 3.70. The van der Waals surface area contributed by atoms with Crippen LogP contribution in [0.2, 0.25) is 0 Å². The van der Waals surface area contributed by atoms with Crippen LogP contribution in [0.3, 0.4) is 0 Å². The summed E-state index contributed by atoms with van der Waals surface area (Å²) in [5.74, 6) is -0.500. The second-order valence-corrected chi connectivity index (χ2v) is 5.47. The van der Waals surface area contributed by atoms with E-state index in [0.717, 1.165) is 10.5 Å². The number of urea groups is 1. The van der Waals surface area contributed by atoms with Crippen LogP contribution in [-0.4, -0.2) is 34.2 Å². The zero-order valence-electron chi connectivity index (χ0n) is 10.8. The monoisotopic (exact) mass is 258 g/mol. The Morgan fingerprint density at radius 2 is 1.89 bits per heavy atom. The summed E-state index contributed by atoms with van der Waals surface area (Å²) in [4.78, 5) is 37.5. The van der Waals surface area contributed by atoms with E-state index in [1.807, 2.05) is 12.1 Å². The van der Waals surface area contributed by atoms with Crippen LogP contribution in [0, 0.1) is 0 Å². The smallest absolute Gasteiger partial charge is 0.324 e. The maximum absolute atomic E-state index is 12.3. The standard InChI is InChI=1S/C14H14N2O3/c1-14(2)12(18)16(13(19)15-14)10-7-8-5-3-4-6-9(8)11(10)17/h3-6,10H,7H2,1-2H3,(H,15,19). The molecule has 0 aromatic heterocycles. The van der Waals surface area contributed by atoms with Gasteiger partial charge in [-0.2, -0.15) is 0 Å². The molecule has 2 aliphatic rings. The summed E-state index contributed by atoms with van der Waals surface area (Å²) < 4.78 is 0. The first-order valence-corrected chi connectivity index (χ1v) is 6.20. The highest BCUT2D eigenvalue weighted by atomic mass is 16.2. The van der Waals surface area contributed by atoms with Gasteiger partial charge < -0.3 is 5.32 Å². The maximum Gasteiger partial charge on any atom is 0.325 e. The normalized spacial score (nSPS) is 24.6. The predicted octanol–water partition coefficient (Wildman–Crippen LogP) is 1.12. The molecular weight excluding hydrogens is 244 g/mol. The molecule has 1 fully saturated rings. The minimum atomic E-state index is -0.938. The van der Waals surface area contributed by atoms with Gasteiger partial charge in [-0.15, -0.1) is 0 Å². The molecule has 3 amide bonds. The molecule has 1 unspecified atom stereocenters. The van der Waals surface area contributed by atoms with Crippen molar-refractivity contribution in [3.05, 3.63) is 35.4 Å². The van der Waals surface area contributed by atoms with Crippen molar-refractivity contribution < 1.29 is 14.4 Å². The Kier molecular flexibility index (Phi) is 2.29. The number of hydrogen-bond acceptors (Lipinski definition) is 3. The average molecular weight is 258 g/mol. The minimum Gasteiger partial charge on any atom is -0.324 e. The fourth-order valence-corrected chi connectivity index (χ4v) is 2.69. The van der Waals surface area contributed by atoms with Crippen LogP contribution in [0.25, 0.3) is 0 Å². The molecule has 98 valence electrons. The van der Waals surface area contributed by atoms with Crippen LogP contribution in [0.1, 0.15) is 29.8 Å². The fourth-order valence-electron chi connectivity index (χ4n) is 2.69. The van der Waals surface area contributed by atoms with E-state index >= 15 is 0 Å². The highest BCUT2D eigenvalue weighted by Crippen LogP contribution is 2.29. The number of carbonyl (C=O) groups is 3. The third-order valence-corrected chi connectivity index (χ3v) is 3.70. The lowest BCUT2D eigenvalue weighted by Crippen LogP contribution is -2.45. The number of ketones is 1. The van der Waals surface area contributed by atoms with Crippen LogP contribution in [-0.2, 0) is 11.2 Å². The van der Waals surface area contributed by atoms with Crippen LogP contribution in [0.5, 0.6) is 0 Å². The van der Waals surface area contributed by atoms with Crippen molar-refractivity contribution in [3.63, 3.8) is 0 Å². The molecule has 19 heavy (non-hydrogen) atoms. The number of benzene rings is 1. The van der Waals surface area contributed by atoms with Gasteiger partial charge >= 0.3 is 6.03 Å². The van der Waals surface area contributed by atoms with Crippen molar-refractivity contribution in [3.8, 4) is 0 Å². The number of fused-ring (bicyclic) bond motifs is 1. The van der Waals surface area contributed by atoms with Gasteiger partial charge in [0.25, 0.3) is 5.91 Å². The van der Waals surface area contributed by atoms with E-state index in [-0.39, 0.29) is 11.7 Å². The maximum atomic E-state index is 12.3. The number of rotatable bonds is 1. The summed E-state index contributed by atoms with van der Waals surface area (Å²) in [6.07, 6.45) is 0.407. The van der Waals surface area contributed by atoms with Crippen molar-refractivity contribution in [1.29, 1.82) is 0 Å². The molecule has 1 aliphatic carbocycles. The Hall–Kier alpha value is -2.17. The van der Waals surface area contributed by atoms with Gasteiger partial charge in [-0.3, -0.25) is 14.5 Å². The van der Waals surface area contributed by atoms with E-state index < -0.39 is 17.6 Å². The van der Waals surface area contributed by atoms with E-state index in [0.29, 0.717) is 12.0 Å². The van der Waals surface area contributed by atoms with Gasteiger partial charge in [-0.05, 0) is 19.4 Å². The van der Waals surface area contributed by atoms with Gasteiger partial charge in [0.05, 0.1) is 0 Å². The topological polar surface area (TPSA) is 66.5 Å². The molecule has 0 saturated carbocycles. The number of Topliss-reactive ketones (excluding diaryl/α,β-unsaturated/α-hetero) is 1. The van der Waals surface area contributed by atoms with Crippen LogP contribution in [0.15, 0.2) is 24.3 Å². The van der Waals surface area contributed by atoms with Gasteiger partial charge in [-0.25, -0.2) is 4.79 Å². The molecule has 5 heteroatoms. The molecule has 1 atom stereocenters. The number of imide groups is 1. The fraction of sp³-hybridized carbons (Fsp3) is 0.357. The van der Waals surface area contributed by atoms with Crippen molar-refractivity contribution >= 4 is 17.7 Å².